The van der Waals surface area contributed by atoms with Gasteiger partial charge in [0.15, 0.2) is 0 Å². The molecule has 0 aromatic carbocycles. The van der Waals surface area contributed by atoms with Gasteiger partial charge in [0.05, 0.1) is 0 Å². The summed E-state index contributed by atoms with van der Waals surface area (Å²) in [6.07, 6.45) is 4.12. The van der Waals surface area contributed by atoms with E-state index in [1.807, 2.05) is 0 Å². The Kier molecular flexibility index (Phi) is 2.61. The molecule has 2 heteroatoms. The fourth-order valence-electron chi connectivity index (χ4n) is 2.26. The average Bonchev–Trinajstić information content (AvgIpc) is 2.73. The lowest BCUT2D eigenvalue weighted by molar-refractivity contribution is 0.375. The minimum Gasteiger partial charge on any atom is -0.315 e. The van der Waals surface area contributed by atoms with Crippen molar-refractivity contribution in [3.8, 4) is 0 Å². The van der Waals surface area contributed by atoms with E-state index in [1.54, 1.807) is 0 Å². The highest BCUT2D eigenvalue weighted by Gasteiger charge is 2.45. The van der Waals surface area contributed by atoms with Crippen LogP contribution in [0.4, 0.5) is 0 Å². The predicted molar refractivity (Wildman–Crippen MR) is 55.8 cm³/mol. The monoisotopic (exact) mass is 182 g/mol. The van der Waals surface area contributed by atoms with Crippen LogP contribution >= 0.6 is 0 Å². The quantitative estimate of drug-likeness (QED) is 0.689. The van der Waals surface area contributed by atoms with Crippen molar-refractivity contribution < 1.29 is 0 Å². The zero-order chi connectivity index (χ0) is 9.31. The summed E-state index contributed by atoms with van der Waals surface area (Å²) >= 11 is 0. The Hall–Kier alpha value is -0.0800. The molecular weight excluding hydrogens is 160 g/mol. The van der Waals surface area contributed by atoms with Crippen molar-refractivity contribution in [1.82, 2.24) is 10.6 Å². The fraction of sp³-hybridized carbons (Fsp3) is 1.00. The maximum Gasteiger partial charge on any atom is 0.0193 e. The zero-order valence-electron chi connectivity index (χ0n) is 8.90. The molecule has 1 heterocycles. The molecule has 1 aliphatic heterocycles. The van der Waals surface area contributed by atoms with Crippen molar-refractivity contribution in [2.24, 2.45) is 11.3 Å². The summed E-state index contributed by atoms with van der Waals surface area (Å²) in [4.78, 5) is 0. The minimum atomic E-state index is 0.634. The maximum absolute atomic E-state index is 3.68. The second-order valence-corrected chi connectivity index (χ2v) is 5.34. The van der Waals surface area contributed by atoms with Crippen LogP contribution in [-0.2, 0) is 0 Å². The first-order valence-corrected chi connectivity index (χ1v) is 5.62. The third-order valence-electron chi connectivity index (χ3n) is 3.67. The van der Waals surface area contributed by atoms with E-state index in [0.717, 1.165) is 12.0 Å². The van der Waals surface area contributed by atoms with Gasteiger partial charge in [0.1, 0.15) is 0 Å². The van der Waals surface area contributed by atoms with Crippen LogP contribution < -0.4 is 10.6 Å². The first kappa shape index (κ1) is 9.47. The number of nitrogens with one attached hydrogen (secondary N) is 2. The lowest BCUT2D eigenvalue weighted by Gasteiger charge is -2.24. The van der Waals surface area contributed by atoms with Gasteiger partial charge in [-0.25, -0.2) is 0 Å². The highest BCUT2D eigenvalue weighted by atomic mass is 15.0. The third-order valence-corrected chi connectivity index (χ3v) is 3.67. The van der Waals surface area contributed by atoms with E-state index in [4.69, 9.17) is 0 Å². The van der Waals surface area contributed by atoms with E-state index in [9.17, 15) is 0 Å². The molecule has 2 nitrogen and oxygen atoms in total. The Bertz CT molecular complexity index is 171. The fourth-order valence-corrected chi connectivity index (χ4v) is 2.26. The molecule has 2 rings (SSSR count). The molecule has 2 fully saturated rings. The van der Waals surface area contributed by atoms with Crippen molar-refractivity contribution >= 4 is 0 Å². The van der Waals surface area contributed by atoms with Gasteiger partial charge in [0.25, 0.3) is 0 Å². The van der Waals surface area contributed by atoms with Crippen molar-refractivity contribution in [3.05, 3.63) is 0 Å². The van der Waals surface area contributed by atoms with Crippen LogP contribution in [0.25, 0.3) is 0 Å². The van der Waals surface area contributed by atoms with Gasteiger partial charge in [-0.15, -0.1) is 0 Å². The summed E-state index contributed by atoms with van der Waals surface area (Å²) in [7, 11) is 0. The molecule has 2 N–H and O–H groups in total. The van der Waals surface area contributed by atoms with E-state index in [1.165, 1.54) is 38.9 Å². The van der Waals surface area contributed by atoms with E-state index in [2.05, 4.69) is 24.5 Å². The maximum atomic E-state index is 3.68. The van der Waals surface area contributed by atoms with Gasteiger partial charge in [-0.2, -0.15) is 0 Å². The van der Waals surface area contributed by atoms with Crippen molar-refractivity contribution in [1.29, 1.82) is 0 Å². The van der Waals surface area contributed by atoms with E-state index >= 15 is 0 Å². The standard InChI is InChI=1S/C11H22N2/c1-11(2)6-9(11)7-13-10-4-3-5-12-8-10/h9-10,12-13H,3-8H2,1-2H3. The van der Waals surface area contributed by atoms with Crippen LogP contribution in [0.15, 0.2) is 0 Å². The summed E-state index contributed by atoms with van der Waals surface area (Å²) in [5.74, 6) is 0.939. The van der Waals surface area contributed by atoms with Crippen molar-refractivity contribution in [2.45, 2.75) is 39.2 Å². The van der Waals surface area contributed by atoms with Crippen LogP contribution in [0.3, 0.4) is 0 Å². The van der Waals surface area contributed by atoms with Gasteiger partial charge in [-0.05, 0) is 43.7 Å². The Morgan fingerprint density at radius 2 is 2.23 bits per heavy atom. The molecule has 0 aromatic heterocycles. The van der Waals surface area contributed by atoms with Crippen molar-refractivity contribution in [3.63, 3.8) is 0 Å². The first-order chi connectivity index (χ1) is 6.18. The molecule has 0 aromatic rings. The normalized spacial score (nSPS) is 37.4. The molecular formula is C11H22N2. The van der Waals surface area contributed by atoms with Gasteiger partial charge in [0, 0.05) is 12.6 Å². The summed E-state index contributed by atoms with van der Waals surface area (Å²) in [6.45, 7) is 8.37. The smallest absolute Gasteiger partial charge is 0.0193 e. The average molecular weight is 182 g/mol. The van der Waals surface area contributed by atoms with Gasteiger partial charge < -0.3 is 10.6 Å². The highest BCUT2D eigenvalue weighted by molar-refractivity contribution is 4.96. The Balaban J connectivity index is 1.62. The molecule has 1 aliphatic carbocycles. The summed E-state index contributed by atoms with van der Waals surface area (Å²) in [5, 5.41) is 7.11. The molecule has 0 bridgehead atoms. The Morgan fingerprint density at radius 1 is 1.46 bits per heavy atom. The number of hydrogen-bond acceptors (Lipinski definition) is 2. The second kappa shape index (κ2) is 3.58. The summed E-state index contributed by atoms with van der Waals surface area (Å²) in [6, 6.07) is 0.741. The largest absolute Gasteiger partial charge is 0.315 e. The molecule has 1 saturated heterocycles. The molecule has 76 valence electrons. The van der Waals surface area contributed by atoms with Crippen molar-refractivity contribution in [2.75, 3.05) is 19.6 Å². The topological polar surface area (TPSA) is 24.1 Å². The van der Waals surface area contributed by atoms with Gasteiger partial charge in [0.2, 0.25) is 0 Å². The first-order valence-electron chi connectivity index (χ1n) is 5.62. The zero-order valence-corrected chi connectivity index (χ0v) is 8.90. The number of piperidine rings is 1. The van der Waals surface area contributed by atoms with Crippen LogP contribution in [-0.4, -0.2) is 25.7 Å². The highest BCUT2D eigenvalue weighted by Crippen LogP contribution is 2.51. The second-order valence-electron chi connectivity index (χ2n) is 5.34. The van der Waals surface area contributed by atoms with Crippen LogP contribution in [0.1, 0.15) is 33.1 Å². The molecule has 0 amide bonds. The number of hydrogen-bond donors (Lipinski definition) is 2. The molecule has 13 heavy (non-hydrogen) atoms. The number of rotatable bonds is 3. The Labute approximate surface area is 81.5 Å². The molecule has 1 saturated carbocycles. The van der Waals surface area contributed by atoms with Gasteiger partial charge >= 0.3 is 0 Å². The van der Waals surface area contributed by atoms with Crippen LogP contribution in [0.5, 0.6) is 0 Å². The predicted octanol–water partition coefficient (Wildman–Crippen LogP) is 1.37. The summed E-state index contributed by atoms with van der Waals surface area (Å²) < 4.78 is 0. The summed E-state index contributed by atoms with van der Waals surface area (Å²) in [5.41, 5.74) is 0.634. The van der Waals surface area contributed by atoms with Gasteiger partial charge in [-0.3, -0.25) is 0 Å². The van der Waals surface area contributed by atoms with Crippen LogP contribution in [0, 0.1) is 11.3 Å². The SMILES string of the molecule is CC1(C)CC1CNC1CCCNC1. The van der Waals surface area contributed by atoms with E-state index in [0.29, 0.717) is 5.41 Å². The molecule has 0 radical (unpaired) electrons. The lowest BCUT2D eigenvalue weighted by Crippen LogP contribution is -2.43. The minimum absolute atomic E-state index is 0.634. The van der Waals surface area contributed by atoms with E-state index in [-0.39, 0.29) is 0 Å². The van der Waals surface area contributed by atoms with E-state index < -0.39 is 0 Å². The third kappa shape index (κ3) is 2.44. The molecule has 2 aliphatic rings. The van der Waals surface area contributed by atoms with Crippen LogP contribution in [0.2, 0.25) is 0 Å². The molecule has 2 atom stereocenters. The lowest BCUT2D eigenvalue weighted by atomic mass is 10.1. The molecule has 0 spiro atoms. The Morgan fingerprint density at radius 3 is 2.77 bits per heavy atom. The van der Waals surface area contributed by atoms with Gasteiger partial charge in [-0.1, -0.05) is 13.8 Å². The molecule has 2 unspecified atom stereocenters.